The van der Waals surface area contributed by atoms with E-state index in [-0.39, 0.29) is 0 Å². The average Bonchev–Trinajstić information content (AvgIpc) is 2.87. The summed E-state index contributed by atoms with van der Waals surface area (Å²) < 4.78 is 0. The fraction of sp³-hybridized carbons (Fsp3) is 0.393. The van der Waals surface area contributed by atoms with E-state index in [9.17, 15) is 9.90 Å². The SMILES string of the molecule is C/C=C/c1nc2ccc(C(C)(O)N3CCN(c4ccccc4)CC3)cc2nc1CCCCC=O. The number of aromatic nitrogens is 2. The monoisotopic (exact) mass is 458 g/mol. The minimum atomic E-state index is -1.09. The van der Waals surface area contributed by atoms with E-state index in [1.807, 2.05) is 50.3 Å². The van der Waals surface area contributed by atoms with Crippen molar-refractivity contribution in [3.8, 4) is 0 Å². The van der Waals surface area contributed by atoms with Gasteiger partial charge in [-0.2, -0.15) is 0 Å². The largest absolute Gasteiger partial charge is 0.372 e. The summed E-state index contributed by atoms with van der Waals surface area (Å²) in [7, 11) is 0. The lowest BCUT2D eigenvalue weighted by Gasteiger charge is -2.43. The van der Waals surface area contributed by atoms with Crippen molar-refractivity contribution in [2.24, 2.45) is 0 Å². The third-order valence-electron chi connectivity index (χ3n) is 6.64. The number of nitrogens with zero attached hydrogens (tertiary/aromatic N) is 4. The summed E-state index contributed by atoms with van der Waals surface area (Å²) in [4.78, 5) is 24.9. The lowest BCUT2D eigenvalue weighted by molar-refractivity contribution is -0.108. The van der Waals surface area contributed by atoms with Gasteiger partial charge in [-0.1, -0.05) is 30.3 Å². The zero-order chi connectivity index (χ0) is 24.0. The van der Waals surface area contributed by atoms with Crippen LogP contribution in [-0.2, 0) is 16.9 Å². The van der Waals surface area contributed by atoms with Gasteiger partial charge in [-0.3, -0.25) is 4.90 Å². The van der Waals surface area contributed by atoms with E-state index >= 15 is 0 Å². The molecule has 1 fully saturated rings. The van der Waals surface area contributed by atoms with Gasteiger partial charge >= 0.3 is 0 Å². The Kier molecular flexibility index (Phi) is 7.70. The molecule has 1 unspecified atom stereocenters. The lowest BCUT2D eigenvalue weighted by Crippen LogP contribution is -2.54. The van der Waals surface area contributed by atoms with Crippen molar-refractivity contribution in [1.82, 2.24) is 14.9 Å². The molecule has 1 aliphatic heterocycles. The summed E-state index contributed by atoms with van der Waals surface area (Å²) in [6.45, 7) is 7.12. The summed E-state index contributed by atoms with van der Waals surface area (Å²) in [6.07, 6.45) is 8.02. The van der Waals surface area contributed by atoms with Crippen LogP contribution in [0.4, 0.5) is 5.69 Å². The first-order valence-corrected chi connectivity index (χ1v) is 12.2. The highest BCUT2D eigenvalue weighted by Gasteiger charge is 2.34. The van der Waals surface area contributed by atoms with Crippen molar-refractivity contribution in [3.05, 3.63) is 71.6 Å². The maximum atomic E-state index is 11.6. The number of aryl methyl sites for hydroxylation is 1. The highest BCUT2D eigenvalue weighted by Crippen LogP contribution is 2.30. The molecule has 178 valence electrons. The summed E-state index contributed by atoms with van der Waals surface area (Å²) in [5, 5.41) is 11.6. The van der Waals surface area contributed by atoms with E-state index in [1.54, 1.807) is 0 Å². The van der Waals surface area contributed by atoms with Crippen LogP contribution in [-0.4, -0.2) is 52.4 Å². The van der Waals surface area contributed by atoms with Crippen LogP contribution >= 0.6 is 0 Å². The van der Waals surface area contributed by atoms with Crippen molar-refractivity contribution in [2.75, 3.05) is 31.1 Å². The Bertz CT molecular complexity index is 1140. The molecule has 6 nitrogen and oxygen atoms in total. The number of benzene rings is 2. The maximum absolute atomic E-state index is 11.6. The molecule has 6 heteroatoms. The molecule has 0 spiro atoms. The van der Waals surface area contributed by atoms with Crippen molar-refractivity contribution >= 4 is 29.1 Å². The minimum absolute atomic E-state index is 0.574. The molecule has 0 saturated carbocycles. The molecule has 0 aliphatic carbocycles. The number of carbonyl (C=O) groups is 1. The molecule has 2 heterocycles. The number of anilines is 1. The number of carbonyl (C=O) groups excluding carboxylic acids is 1. The molecular formula is C28H34N4O2. The van der Waals surface area contributed by atoms with Gasteiger partial charge in [-0.25, -0.2) is 9.97 Å². The zero-order valence-electron chi connectivity index (χ0n) is 20.2. The number of aldehydes is 1. The van der Waals surface area contributed by atoms with Crippen molar-refractivity contribution in [2.45, 2.75) is 45.3 Å². The van der Waals surface area contributed by atoms with E-state index in [0.29, 0.717) is 6.42 Å². The molecule has 2 aromatic carbocycles. The third kappa shape index (κ3) is 5.34. The maximum Gasteiger partial charge on any atom is 0.141 e. The summed E-state index contributed by atoms with van der Waals surface area (Å²) >= 11 is 0. The lowest BCUT2D eigenvalue weighted by atomic mass is 10.0. The molecule has 1 aliphatic rings. The molecule has 34 heavy (non-hydrogen) atoms. The predicted molar refractivity (Wildman–Crippen MR) is 138 cm³/mol. The number of aliphatic hydroxyl groups is 1. The van der Waals surface area contributed by atoms with Crippen LogP contribution in [0.2, 0.25) is 0 Å². The quantitative estimate of drug-likeness (QED) is 0.374. The molecule has 4 rings (SSSR count). The first-order valence-electron chi connectivity index (χ1n) is 12.2. The Labute approximate surface area is 201 Å². The van der Waals surface area contributed by atoms with Gasteiger partial charge in [0.1, 0.15) is 12.0 Å². The Hall–Kier alpha value is -3.09. The molecule has 1 aromatic heterocycles. The Balaban J connectivity index is 1.54. The fourth-order valence-corrected chi connectivity index (χ4v) is 4.62. The smallest absolute Gasteiger partial charge is 0.141 e. The summed E-state index contributed by atoms with van der Waals surface area (Å²) in [5.74, 6) is 0. The van der Waals surface area contributed by atoms with Crippen LogP contribution in [0.25, 0.3) is 17.1 Å². The van der Waals surface area contributed by atoms with Crippen molar-refractivity contribution in [1.29, 1.82) is 0 Å². The van der Waals surface area contributed by atoms with E-state index < -0.39 is 5.72 Å². The van der Waals surface area contributed by atoms with Crippen LogP contribution in [0, 0.1) is 0 Å². The van der Waals surface area contributed by atoms with Crippen LogP contribution in [0.5, 0.6) is 0 Å². The van der Waals surface area contributed by atoms with Crippen LogP contribution < -0.4 is 4.90 Å². The number of hydrogen-bond acceptors (Lipinski definition) is 6. The Morgan fingerprint density at radius 1 is 1.00 bits per heavy atom. The second-order valence-electron chi connectivity index (χ2n) is 9.00. The molecule has 0 radical (unpaired) electrons. The molecule has 0 amide bonds. The van der Waals surface area contributed by atoms with E-state index in [2.05, 4.69) is 34.1 Å². The van der Waals surface area contributed by atoms with Gasteiger partial charge in [-0.05, 0) is 63.5 Å². The minimum Gasteiger partial charge on any atom is -0.372 e. The van der Waals surface area contributed by atoms with Crippen LogP contribution in [0.1, 0.15) is 50.1 Å². The number of unbranched alkanes of at least 4 members (excludes halogenated alkanes) is 2. The van der Waals surface area contributed by atoms with E-state index in [4.69, 9.17) is 9.97 Å². The zero-order valence-corrected chi connectivity index (χ0v) is 20.2. The molecular weight excluding hydrogens is 424 g/mol. The number of allylic oxidation sites excluding steroid dienone is 1. The number of hydrogen-bond donors (Lipinski definition) is 1. The second kappa shape index (κ2) is 10.9. The predicted octanol–water partition coefficient (Wildman–Crippen LogP) is 4.56. The summed E-state index contributed by atoms with van der Waals surface area (Å²) in [6, 6.07) is 16.3. The van der Waals surface area contributed by atoms with Crippen molar-refractivity contribution in [3.63, 3.8) is 0 Å². The van der Waals surface area contributed by atoms with E-state index in [1.165, 1.54) is 5.69 Å². The third-order valence-corrected chi connectivity index (χ3v) is 6.64. The normalized spacial score (nSPS) is 16.7. The first-order chi connectivity index (χ1) is 16.5. The molecule has 1 saturated heterocycles. The summed E-state index contributed by atoms with van der Waals surface area (Å²) in [5.41, 5.74) is 4.37. The number of fused-ring (bicyclic) bond motifs is 1. The van der Waals surface area contributed by atoms with E-state index in [0.717, 1.165) is 79.7 Å². The van der Waals surface area contributed by atoms with Gasteiger partial charge in [0.25, 0.3) is 0 Å². The molecule has 0 bridgehead atoms. The highest BCUT2D eigenvalue weighted by molar-refractivity contribution is 5.77. The second-order valence-corrected chi connectivity index (χ2v) is 9.00. The molecule has 1 atom stereocenters. The number of rotatable bonds is 9. The standard InChI is InChI=1S/C28H34N4O2/c1-3-10-24-25(13-8-5-9-20-33)30-27-21-22(14-15-26(27)29-24)28(2,34)32-18-16-31(17-19-32)23-11-6-4-7-12-23/h3-4,6-7,10-12,14-15,20-21,34H,5,8-9,13,16-19H2,1-2H3/b10-3+. The molecule has 1 N–H and O–H groups in total. The van der Waals surface area contributed by atoms with Gasteiger partial charge < -0.3 is 14.8 Å². The van der Waals surface area contributed by atoms with Crippen LogP contribution in [0.15, 0.2) is 54.6 Å². The van der Waals surface area contributed by atoms with Crippen molar-refractivity contribution < 1.29 is 9.90 Å². The number of para-hydroxylation sites is 1. The van der Waals surface area contributed by atoms with Gasteiger partial charge in [0, 0.05) is 43.9 Å². The van der Waals surface area contributed by atoms with Gasteiger partial charge in [0.05, 0.1) is 22.4 Å². The number of piperazine rings is 1. The van der Waals surface area contributed by atoms with Gasteiger partial charge in [0.2, 0.25) is 0 Å². The Morgan fingerprint density at radius 3 is 2.47 bits per heavy atom. The Morgan fingerprint density at radius 2 is 1.76 bits per heavy atom. The van der Waals surface area contributed by atoms with Gasteiger partial charge in [-0.15, -0.1) is 0 Å². The topological polar surface area (TPSA) is 69.6 Å². The van der Waals surface area contributed by atoms with Crippen LogP contribution in [0.3, 0.4) is 0 Å². The van der Waals surface area contributed by atoms with Gasteiger partial charge in [0.15, 0.2) is 0 Å². The highest BCUT2D eigenvalue weighted by atomic mass is 16.3. The first kappa shape index (κ1) is 24.0. The fourth-order valence-electron chi connectivity index (χ4n) is 4.62. The molecule has 3 aromatic rings. The average molecular weight is 459 g/mol.